The Balaban J connectivity index is 2.45. The van der Waals surface area contributed by atoms with Crippen LogP contribution in [0.3, 0.4) is 0 Å². The Kier molecular flexibility index (Phi) is 4.62. The third-order valence-electron chi connectivity index (χ3n) is 3.01. The van der Waals surface area contributed by atoms with Crippen molar-refractivity contribution >= 4 is 17.3 Å². The molecule has 0 aliphatic rings. The quantitative estimate of drug-likeness (QED) is 0.515. The number of rotatable bonds is 5. The van der Waals surface area contributed by atoms with Crippen LogP contribution in [0.15, 0.2) is 59.8 Å². The first-order chi connectivity index (χ1) is 9.35. The van der Waals surface area contributed by atoms with Gasteiger partial charge in [0.05, 0.1) is 0 Å². The van der Waals surface area contributed by atoms with E-state index in [9.17, 15) is 4.91 Å². The number of allylic oxidation sites excluding steroid dienone is 1. The third-order valence-corrected chi connectivity index (χ3v) is 3.01. The second-order valence-electron chi connectivity index (χ2n) is 4.44. The van der Waals surface area contributed by atoms with Crippen molar-refractivity contribution in [3.63, 3.8) is 0 Å². The van der Waals surface area contributed by atoms with Crippen molar-refractivity contribution < 1.29 is 0 Å². The maximum atomic E-state index is 10.9. The van der Waals surface area contributed by atoms with Gasteiger partial charge in [0.25, 0.3) is 0 Å². The number of hydrogen-bond donors (Lipinski definition) is 0. The summed E-state index contributed by atoms with van der Waals surface area (Å²) in [4.78, 5) is 10.9. The fourth-order valence-corrected chi connectivity index (χ4v) is 2.13. The largest absolute Gasteiger partial charge is 0.145 e. The van der Waals surface area contributed by atoms with E-state index in [4.69, 9.17) is 0 Å². The van der Waals surface area contributed by atoms with Gasteiger partial charge in [-0.15, -0.1) is 4.91 Å². The van der Waals surface area contributed by atoms with Crippen LogP contribution in [-0.4, -0.2) is 0 Å². The fraction of sp³-hybridized carbons (Fsp3) is 0.176. The first-order valence-corrected chi connectivity index (χ1v) is 6.53. The van der Waals surface area contributed by atoms with E-state index in [-0.39, 0.29) is 0 Å². The summed E-state index contributed by atoms with van der Waals surface area (Å²) in [5.74, 6) is 0. The number of nitrogens with zero attached hydrogens (tertiary/aromatic N) is 1. The lowest BCUT2D eigenvalue weighted by Gasteiger charge is -2.08. The van der Waals surface area contributed by atoms with Gasteiger partial charge in [0.1, 0.15) is 5.69 Å². The minimum atomic E-state index is 0.512. The summed E-state index contributed by atoms with van der Waals surface area (Å²) in [6.07, 6.45) is 4.10. The highest BCUT2D eigenvalue weighted by Gasteiger charge is 2.07. The summed E-state index contributed by atoms with van der Waals surface area (Å²) in [6, 6.07) is 17.7. The molecule has 2 aromatic carbocycles. The van der Waals surface area contributed by atoms with Gasteiger partial charge in [0.15, 0.2) is 0 Å². The molecule has 2 aromatic rings. The van der Waals surface area contributed by atoms with Crippen LogP contribution in [0.4, 0.5) is 5.69 Å². The molecule has 0 aromatic heterocycles. The first-order valence-electron chi connectivity index (χ1n) is 6.53. The summed E-state index contributed by atoms with van der Waals surface area (Å²) in [5.41, 5.74) is 3.75. The zero-order chi connectivity index (χ0) is 13.5. The van der Waals surface area contributed by atoms with E-state index in [2.05, 4.69) is 30.3 Å². The van der Waals surface area contributed by atoms with Crippen LogP contribution < -0.4 is 0 Å². The highest BCUT2D eigenvalue weighted by Crippen LogP contribution is 2.30. The highest BCUT2D eigenvalue weighted by atomic mass is 16.3. The molecule has 2 rings (SSSR count). The molecule has 2 heteroatoms. The minimum absolute atomic E-state index is 0.512. The predicted octanol–water partition coefficient (Wildman–Crippen LogP) is 5.43. The maximum absolute atomic E-state index is 10.9. The molecule has 0 fully saturated rings. The van der Waals surface area contributed by atoms with E-state index in [0.29, 0.717) is 5.69 Å². The molecule has 0 aliphatic carbocycles. The maximum Gasteiger partial charge on any atom is 0.115 e. The van der Waals surface area contributed by atoms with Crippen LogP contribution in [0.1, 0.15) is 30.9 Å². The summed E-state index contributed by atoms with van der Waals surface area (Å²) < 4.78 is 0. The third kappa shape index (κ3) is 3.38. The lowest BCUT2D eigenvalue weighted by atomic mass is 9.97. The van der Waals surface area contributed by atoms with Crippen LogP contribution >= 0.6 is 0 Å². The van der Waals surface area contributed by atoms with Crippen LogP contribution in [0.25, 0.3) is 11.6 Å². The number of hydrogen-bond acceptors (Lipinski definition) is 2. The van der Waals surface area contributed by atoms with Crippen LogP contribution in [0, 0.1) is 4.91 Å². The van der Waals surface area contributed by atoms with Crippen LogP contribution in [0.2, 0.25) is 0 Å². The van der Waals surface area contributed by atoms with Gasteiger partial charge in [-0.1, -0.05) is 68.0 Å². The van der Waals surface area contributed by atoms with Crippen LogP contribution in [-0.2, 0) is 0 Å². The van der Waals surface area contributed by atoms with Gasteiger partial charge < -0.3 is 0 Å². The van der Waals surface area contributed by atoms with Gasteiger partial charge in [-0.2, -0.15) is 0 Å². The van der Waals surface area contributed by atoms with Gasteiger partial charge in [-0.25, -0.2) is 0 Å². The predicted molar refractivity (Wildman–Crippen MR) is 81.1 cm³/mol. The average molecular weight is 251 g/mol. The van der Waals surface area contributed by atoms with Gasteiger partial charge >= 0.3 is 0 Å². The molecule has 19 heavy (non-hydrogen) atoms. The molecule has 0 spiro atoms. The summed E-state index contributed by atoms with van der Waals surface area (Å²) in [6.45, 7) is 2.13. The van der Waals surface area contributed by atoms with Gasteiger partial charge in [0.2, 0.25) is 0 Å². The van der Waals surface area contributed by atoms with Crippen molar-refractivity contribution in [2.24, 2.45) is 5.18 Å². The minimum Gasteiger partial charge on any atom is -0.145 e. The van der Waals surface area contributed by atoms with Crippen molar-refractivity contribution in [2.75, 3.05) is 0 Å². The Bertz CT molecular complexity index is 573. The Labute approximate surface area is 113 Å². The van der Waals surface area contributed by atoms with Gasteiger partial charge in [0, 0.05) is 5.56 Å². The first kappa shape index (κ1) is 13.2. The molecule has 0 radical (unpaired) electrons. The molecular weight excluding hydrogens is 234 g/mol. The summed E-state index contributed by atoms with van der Waals surface area (Å²) >= 11 is 0. The molecule has 96 valence electrons. The molecular formula is C17H17NO. The smallest absolute Gasteiger partial charge is 0.115 e. The van der Waals surface area contributed by atoms with E-state index in [1.54, 1.807) is 6.07 Å². The van der Waals surface area contributed by atoms with E-state index in [1.165, 1.54) is 0 Å². The van der Waals surface area contributed by atoms with Crippen molar-refractivity contribution in [3.8, 4) is 0 Å². The molecule has 0 amide bonds. The normalized spacial score (nSPS) is 11.3. The zero-order valence-electron chi connectivity index (χ0n) is 11.0. The van der Waals surface area contributed by atoms with Gasteiger partial charge in [-0.05, 0) is 28.8 Å². The topological polar surface area (TPSA) is 29.4 Å². The molecule has 2 nitrogen and oxygen atoms in total. The van der Waals surface area contributed by atoms with E-state index < -0.39 is 0 Å². The molecule has 0 bridgehead atoms. The van der Waals surface area contributed by atoms with Gasteiger partial charge in [-0.3, -0.25) is 0 Å². The number of benzene rings is 2. The monoisotopic (exact) mass is 251 g/mol. The fourth-order valence-electron chi connectivity index (χ4n) is 2.13. The van der Waals surface area contributed by atoms with Crippen LogP contribution in [0.5, 0.6) is 0 Å². The van der Waals surface area contributed by atoms with Crippen molar-refractivity contribution in [1.82, 2.24) is 0 Å². The average Bonchev–Trinajstić information content (AvgIpc) is 2.48. The Morgan fingerprint density at radius 2 is 1.74 bits per heavy atom. The second kappa shape index (κ2) is 6.64. The Morgan fingerprint density at radius 3 is 2.42 bits per heavy atom. The van der Waals surface area contributed by atoms with Crippen molar-refractivity contribution in [3.05, 3.63) is 70.6 Å². The summed E-state index contributed by atoms with van der Waals surface area (Å²) in [5, 5.41) is 3.12. The Hall–Kier alpha value is -2.22. The molecule has 0 saturated carbocycles. The summed E-state index contributed by atoms with van der Waals surface area (Å²) in [7, 11) is 0. The lowest BCUT2D eigenvalue weighted by molar-refractivity contribution is 0.976. The number of nitroso groups, excluding NO2 is 1. The Morgan fingerprint density at radius 1 is 1.05 bits per heavy atom. The van der Waals surface area contributed by atoms with E-state index in [0.717, 1.165) is 29.5 Å². The van der Waals surface area contributed by atoms with E-state index in [1.807, 2.05) is 36.4 Å². The van der Waals surface area contributed by atoms with Crippen molar-refractivity contribution in [1.29, 1.82) is 0 Å². The molecule has 0 N–H and O–H groups in total. The molecule has 0 atom stereocenters. The second-order valence-corrected chi connectivity index (χ2v) is 4.44. The molecule has 0 aliphatic heterocycles. The molecule has 0 heterocycles. The lowest BCUT2D eigenvalue weighted by Crippen LogP contribution is -1.86. The molecule has 0 unspecified atom stereocenters. The van der Waals surface area contributed by atoms with Crippen molar-refractivity contribution in [2.45, 2.75) is 19.8 Å². The highest BCUT2D eigenvalue weighted by molar-refractivity contribution is 5.85. The molecule has 0 saturated heterocycles. The standard InChI is InChI=1S/C17H17NO/c1-2-8-15(13-14-9-4-3-5-10-14)16-11-6-7-12-17(16)18-19/h3-7,9-13H,2,8H2,1H3/b15-13-. The van der Waals surface area contributed by atoms with E-state index >= 15 is 0 Å². The SMILES string of the molecule is CCC/C(=C/c1ccccc1)c1ccccc1N=O. The zero-order valence-corrected chi connectivity index (χ0v) is 11.0.